The van der Waals surface area contributed by atoms with Crippen LogP contribution in [0.4, 0.5) is 0 Å². The van der Waals surface area contributed by atoms with Crippen molar-refractivity contribution in [2.24, 2.45) is 0 Å². The number of piperidine rings is 1. The van der Waals surface area contributed by atoms with Gasteiger partial charge >= 0.3 is 0 Å². The minimum atomic E-state index is -3.33. The molecule has 1 aromatic heterocycles. The van der Waals surface area contributed by atoms with E-state index in [1.54, 1.807) is 10.6 Å². The average Bonchev–Trinajstić information content (AvgIpc) is 2.98. The molecule has 130 valence electrons. The molecule has 3 N–H and O–H groups in total. The lowest BCUT2D eigenvalue weighted by atomic mass is 9.80. The zero-order chi connectivity index (χ0) is 16.7. The summed E-state index contributed by atoms with van der Waals surface area (Å²) in [6.45, 7) is 1.93. The Bertz CT molecular complexity index is 651. The fourth-order valence-electron chi connectivity index (χ4n) is 3.89. The summed E-state index contributed by atoms with van der Waals surface area (Å²) in [7, 11) is -3.33. The molecule has 1 saturated heterocycles. The van der Waals surface area contributed by atoms with Gasteiger partial charge < -0.3 is 20.1 Å². The summed E-state index contributed by atoms with van der Waals surface area (Å²) in [6, 6.07) is 0. The molecule has 9 heteroatoms. The molecule has 0 aliphatic carbocycles. The normalized spacial score (nSPS) is 23.8. The highest BCUT2D eigenvalue weighted by Gasteiger charge is 2.50. The number of hydrogen-bond acceptors (Lipinski definition) is 6. The highest BCUT2D eigenvalue weighted by molar-refractivity contribution is 7.88. The number of nitrogens with zero attached hydrogens (tertiary/aromatic N) is 3. The zero-order valence-electron chi connectivity index (χ0n) is 13.3. The molecule has 1 spiro atoms. The van der Waals surface area contributed by atoms with Crippen LogP contribution in [0.1, 0.15) is 24.2 Å². The van der Waals surface area contributed by atoms with Crippen LogP contribution in [0, 0.1) is 0 Å². The van der Waals surface area contributed by atoms with E-state index < -0.39 is 21.7 Å². The fourth-order valence-corrected chi connectivity index (χ4v) is 5.22. The lowest BCUT2D eigenvalue weighted by Gasteiger charge is -2.49. The molecular weight excluding hydrogens is 320 g/mol. The summed E-state index contributed by atoms with van der Waals surface area (Å²) in [6.07, 6.45) is 4.06. The minimum Gasteiger partial charge on any atom is -0.394 e. The van der Waals surface area contributed by atoms with Gasteiger partial charge in [-0.15, -0.1) is 0 Å². The first kappa shape index (κ1) is 16.8. The standard InChI is InChI=1S/C14H24N4O4S/c1-23(21,22)18-5-2-12-13(16-10-15-12)14(18)3-6-17(7-4-14)8-11(20)9-19/h10-11,19-20H,2-9H2,1H3,(H,15,16)/t11-/m0/s1. The van der Waals surface area contributed by atoms with E-state index in [1.165, 1.54) is 6.26 Å². The van der Waals surface area contributed by atoms with E-state index in [-0.39, 0.29) is 6.61 Å². The molecule has 23 heavy (non-hydrogen) atoms. The van der Waals surface area contributed by atoms with E-state index in [0.29, 0.717) is 45.4 Å². The lowest BCUT2D eigenvalue weighted by molar-refractivity contribution is 0.0195. The molecule has 2 aliphatic rings. The molecule has 0 bridgehead atoms. The Kier molecular flexibility index (Phi) is 4.49. The van der Waals surface area contributed by atoms with Crippen LogP contribution in [0.15, 0.2) is 6.33 Å². The average molecular weight is 344 g/mol. The summed E-state index contributed by atoms with van der Waals surface area (Å²) in [5, 5.41) is 18.6. The van der Waals surface area contributed by atoms with Crippen LogP contribution in [0.5, 0.6) is 0 Å². The molecule has 1 atom stereocenters. The second-order valence-electron chi connectivity index (χ2n) is 6.48. The van der Waals surface area contributed by atoms with Crippen molar-refractivity contribution in [1.29, 1.82) is 0 Å². The third kappa shape index (κ3) is 3.03. The maximum Gasteiger partial charge on any atom is 0.212 e. The number of aromatic amines is 1. The molecule has 2 aliphatic heterocycles. The molecule has 0 saturated carbocycles. The Morgan fingerprint density at radius 1 is 1.39 bits per heavy atom. The van der Waals surface area contributed by atoms with Gasteiger partial charge in [0.05, 0.1) is 36.5 Å². The van der Waals surface area contributed by atoms with E-state index >= 15 is 0 Å². The van der Waals surface area contributed by atoms with Gasteiger partial charge in [-0.25, -0.2) is 13.4 Å². The largest absolute Gasteiger partial charge is 0.394 e. The predicted octanol–water partition coefficient (Wildman–Crippen LogP) is -1.13. The van der Waals surface area contributed by atoms with Crippen LogP contribution in [0.2, 0.25) is 0 Å². The number of aromatic nitrogens is 2. The van der Waals surface area contributed by atoms with Crippen molar-refractivity contribution >= 4 is 10.0 Å². The Morgan fingerprint density at radius 2 is 2.09 bits per heavy atom. The summed E-state index contributed by atoms with van der Waals surface area (Å²) < 4.78 is 26.2. The van der Waals surface area contributed by atoms with Gasteiger partial charge in [0.1, 0.15) is 0 Å². The third-order valence-corrected chi connectivity index (χ3v) is 6.30. The highest BCUT2D eigenvalue weighted by Crippen LogP contribution is 2.43. The quantitative estimate of drug-likeness (QED) is 0.638. The van der Waals surface area contributed by atoms with E-state index in [2.05, 4.69) is 14.9 Å². The van der Waals surface area contributed by atoms with Crippen molar-refractivity contribution in [3.63, 3.8) is 0 Å². The number of rotatable bonds is 4. The van der Waals surface area contributed by atoms with Crippen molar-refractivity contribution in [1.82, 2.24) is 19.2 Å². The number of β-amino-alcohol motifs (C(OH)–C–C–N with tert-alkyl or cyclic N) is 1. The molecule has 1 aromatic rings. The first-order valence-electron chi connectivity index (χ1n) is 7.88. The van der Waals surface area contributed by atoms with E-state index in [0.717, 1.165) is 11.4 Å². The minimum absolute atomic E-state index is 0.263. The van der Waals surface area contributed by atoms with Crippen LogP contribution in [0.3, 0.4) is 0 Å². The summed E-state index contributed by atoms with van der Waals surface area (Å²) in [5.74, 6) is 0. The Morgan fingerprint density at radius 3 is 2.70 bits per heavy atom. The van der Waals surface area contributed by atoms with E-state index in [1.807, 2.05) is 0 Å². The molecule has 0 unspecified atom stereocenters. The molecule has 0 amide bonds. The van der Waals surface area contributed by atoms with Gasteiger partial charge in [-0.1, -0.05) is 0 Å². The molecule has 0 radical (unpaired) electrons. The van der Waals surface area contributed by atoms with Gasteiger partial charge in [-0.3, -0.25) is 0 Å². The molecular formula is C14H24N4O4S. The summed E-state index contributed by atoms with van der Waals surface area (Å²) in [4.78, 5) is 9.63. The first-order chi connectivity index (χ1) is 10.9. The fraction of sp³-hybridized carbons (Fsp3) is 0.786. The highest BCUT2D eigenvalue weighted by atomic mass is 32.2. The number of imidazole rings is 1. The van der Waals surface area contributed by atoms with Gasteiger partial charge in [0, 0.05) is 38.3 Å². The number of sulfonamides is 1. The Labute approximate surface area is 136 Å². The van der Waals surface area contributed by atoms with Crippen molar-refractivity contribution in [3.8, 4) is 0 Å². The van der Waals surface area contributed by atoms with Crippen LogP contribution < -0.4 is 0 Å². The van der Waals surface area contributed by atoms with Crippen LogP contribution in [0.25, 0.3) is 0 Å². The van der Waals surface area contributed by atoms with Gasteiger partial charge in [0.25, 0.3) is 0 Å². The Hall–Kier alpha value is -1.00. The topological polar surface area (TPSA) is 110 Å². The number of fused-ring (bicyclic) bond motifs is 2. The second-order valence-corrected chi connectivity index (χ2v) is 8.39. The summed E-state index contributed by atoms with van der Waals surface area (Å²) >= 11 is 0. The number of aliphatic hydroxyl groups excluding tert-OH is 2. The van der Waals surface area contributed by atoms with Crippen molar-refractivity contribution in [3.05, 3.63) is 17.7 Å². The van der Waals surface area contributed by atoms with Gasteiger partial charge in [0.2, 0.25) is 10.0 Å². The van der Waals surface area contributed by atoms with Gasteiger partial charge in [0.15, 0.2) is 0 Å². The smallest absolute Gasteiger partial charge is 0.212 e. The van der Waals surface area contributed by atoms with Crippen LogP contribution in [-0.4, -0.2) is 82.9 Å². The maximum absolute atomic E-state index is 12.3. The van der Waals surface area contributed by atoms with Crippen molar-refractivity contribution in [2.75, 3.05) is 39.0 Å². The van der Waals surface area contributed by atoms with E-state index in [9.17, 15) is 13.5 Å². The number of likely N-dealkylation sites (tertiary alicyclic amines) is 1. The molecule has 3 rings (SSSR count). The number of aliphatic hydroxyl groups is 2. The van der Waals surface area contributed by atoms with Gasteiger partial charge in [-0.2, -0.15) is 4.31 Å². The van der Waals surface area contributed by atoms with E-state index in [4.69, 9.17) is 5.11 Å². The Balaban J connectivity index is 1.87. The van der Waals surface area contributed by atoms with Crippen LogP contribution in [-0.2, 0) is 22.0 Å². The molecule has 1 fully saturated rings. The maximum atomic E-state index is 12.3. The predicted molar refractivity (Wildman–Crippen MR) is 84.3 cm³/mol. The molecule has 3 heterocycles. The third-order valence-electron chi connectivity index (χ3n) is 4.96. The number of nitrogens with one attached hydrogen (secondary N) is 1. The lowest BCUT2D eigenvalue weighted by Crippen LogP contribution is -2.58. The van der Waals surface area contributed by atoms with Gasteiger partial charge in [-0.05, 0) is 12.8 Å². The number of hydrogen-bond donors (Lipinski definition) is 3. The number of H-pyrrole nitrogens is 1. The molecule has 0 aromatic carbocycles. The van der Waals surface area contributed by atoms with Crippen LogP contribution >= 0.6 is 0 Å². The SMILES string of the molecule is CS(=O)(=O)N1CCc2[nH]cnc2C12CCN(C[C@H](O)CO)CC2. The second kappa shape index (κ2) is 6.14. The van der Waals surface area contributed by atoms with Crippen molar-refractivity contribution < 1.29 is 18.6 Å². The summed E-state index contributed by atoms with van der Waals surface area (Å²) in [5.41, 5.74) is 1.27. The monoisotopic (exact) mass is 344 g/mol. The zero-order valence-corrected chi connectivity index (χ0v) is 14.1. The first-order valence-corrected chi connectivity index (χ1v) is 9.73. The molecule has 8 nitrogen and oxygen atoms in total. The van der Waals surface area contributed by atoms with Crippen molar-refractivity contribution in [2.45, 2.75) is 30.9 Å².